The third-order valence-electron chi connectivity index (χ3n) is 2.83. The number of aromatic nitrogens is 2. The van der Waals surface area contributed by atoms with Gasteiger partial charge < -0.3 is 0 Å². The van der Waals surface area contributed by atoms with E-state index < -0.39 is 17.5 Å². The van der Waals surface area contributed by atoms with Crippen LogP contribution in [0.25, 0.3) is 5.69 Å². The molecular formula is C14H11ClF3N3. The van der Waals surface area contributed by atoms with Gasteiger partial charge in [0.2, 0.25) is 0 Å². The van der Waals surface area contributed by atoms with Crippen LogP contribution >= 0.6 is 11.6 Å². The van der Waals surface area contributed by atoms with Crippen molar-refractivity contribution in [3.63, 3.8) is 0 Å². The molecule has 2 rings (SSSR count). The number of hydrogen-bond donors (Lipinski definition) is 0. The molecule has 0 fully saturated rings. The van der Waals surface area contributed by atoms with Crippen molar-refractivity contribution in [2.24, 2.45) is 5.92 Å². The number of rotatable bonds is 3. The van der Waals surface area contributed by atoms with Gasteiger partial charge in [0.1, 0.15) is 17.3 Å². The molecule has 110 valence electrons. The monoisotopic (exact) mass is 313 g/mol. The summed E-state index contributed by atoms with van der Waals surface area (Å²) in [6.45, 7) is 3.85. The first-order valence-electron chi connectivity index (χ1n) is 6.17. The fraction of sp³-hybridized carbons (Fsp3) is 0.286. The molecule has 0 radical (unpaired) electrons. The highest BCUT2D eigenvalue weighted by Gasteiger charge is 2.21. The Bertz CT molecular complexity index is 732. The summed E-state index contributed by atoms with van der Waals surface area (Å²) in [7, 11) is 0. The van der Waals surface area contributed by atoms with E-state index in [0.717, 1.165) is 4.68 Å². The molecule has 0 saturated heterocycles. The lowest BCUT2D eigenvalue weighted by atomic mass is 10.1. The van der Waals surface area contributed by atoms with Crippen LogP contribution in [0.15, 0.2) is 12.1 Å². The minimum Gasteiger partial charge on any atom is -0.217 e. The van der Waals surface area contributed by atoms with E-state index in [2.05, 4.69) is 5.10 Å². The molecule has 0 N–H and O–H groups in total. The van der Waals surface area contributed by atoms with Crippen LogP contribution in [0.4, 0.5) is 13.2 Å². The van der Waals surface area contributed by atoms with Crippen LogP contribution in [-0.4, -0.2) is 9.78 Å². The summed E-state index contributed by atoms with van der Waals surface area (Å²) in [5, 5.41) is 13.1. The van der Waals surface area contributed by atoms with E-state index in [4.69, 9.17) is 16.9 Å². The Morgan fingerprint density at radius 1 is 1.24 bits per heavy atom. The minimum absolute atomic E-state index is 0.106. The standard InChI is InChI=1S/C14H11ClF3N3/c1-7(2)3-12-8(6-19)14(15)21(20-12)13-5-10(17)9(16)4-11(13)18/h4-5,7H,3H2,1-2H3. The molecule has 0 saturated carbocycles. The van der Waals surface area contributed by atoms with Crippen molar-refractivity contribution in [2.75, 3.05) is 0 Å². The van der Waals surface area contributed by atoms with Crippen LogP contribution in [0, 0.1) is 34.7 Å². The van der Waals surface area contributed by atoms with Gasteiger partial charge >= 0.3 is 0 Å². The Balaban J connectivity index is 2.63. The maximum Gasteiger partial charge on any atom is 0.161 e. The van der Waals surface area contributed by atoms with Gasteiger partial charge in [-0.25, -0.2) is 17.9 Å². The van der Waals surface area contributed by atoms with Crippen LogP contribution in [0.5, 0.6) is 0 Å². The van der Waals surface area contributed by atoms with E-state index >= 15 is 0 Å². The molecule has 0 bridgehead atoms. The molecule has 0 aliphatic rings. The average molecular weight is 314 g/mol. The van der Waals surface area contributed by atoms with Gasteiger partial charge in [-0.2, -0.15) is 10.4 Å². The smallest absolute Gasteiger partial charge is 0.161 e. The Kier molecular flexibility index (Phi) is 4.24. The molecule has 1 heterocycles. The predicted octanol–water partition coefficient (Wildman–Crippen LogP) is 4.01. The summed E-state index contributed by atoms with van der Waals surface area (Å²) < 4.78 is 41.0. The Morgan fingerprint density at radius 2 is 1.86 bits per heavy atom. The van der Waals surface area contributed by atoms with Gasteiger partial charge in [0.25, 0.3) is 0 Å². The van der Waals surface area contributed by atoms with Gasteiger partial charge in [-0.05, 0) is 12.3 Å². The van der Waals surface area contributed by atoms with E-state index in [9.17, 15) is 13.2 Å². The van der Waals surface area contributed by atoms with Gasteiger partial charge in [0.05, 0.1) is 5.69 Å². The SMILES string of the molecule is CC(C)Cc1nn(-c2cc(F)c(F)cc2F)c(Cl)c1C#N. The fourth-order valence-corrected chi connectivity index (χ4v) is 2.19. The van der Waals surface area contributed by atoms with E-state index in [-0.39, 0.29) is 22.3 Å². The molecule has 1 aromatic heterocycles. The minimum atomic E-state index is -1.30. The lowest BCUT2D eigenvalue weighted by Crippen LogP contribution is -2.04. The molecule has 0 atom stereocenters. The zero-order valence-corrected chi connectivity index (χ0v) is 12.0. The third kappa shape index (κ3) is 2.88. The second kappa shape index (κ2) is 5.78. The molecule has 1 aromatic carbocycles. The highest BCUT2D eigenvalue weighted by molar-refractivity contribution is 6.31. The van der Waals surface area contributed by atoms with Crippen LogP contribution < -0.4 is 0 Å². The molecule has 0 unspecified atom stereocenters. The third-order valence-corrected chi connectivity index (χ3v) is 3.18. The molecule has 0 aliphatic carbocycles. The van der Waals surface area contributed by atoms with E-state index in [1.54, 1.807) is 0 Å². The van der Waals surface area contributed by atoms with E-state index in [1.165, 1.54) is 0 Å². The molecule has 3 nitrogen and oxygen atoms in total. The average Bonchev–Trinajstić information content (AvgIpc) is 2.69. The van der Waals surface area contributed by atoms with Crippen LogP contribution in [0.3, 0.4) is 0 Å². The predicted molar refractivity (Wildman–Crippen MR) is 71.7 cm³/mol. The number of benzene rings is 1. The maximum absolute atomic E-state index is 13.8. The summed E-state index contributed by atoms with van der Waals surface area (Å²) in [5.41, 5.74) is 0.154. The summed E-state index contributed by atoms with van der Waals surface area (Å²) >= 11 is 6.01. The van der Waals surface area contributed by atoms with Gasteiger partial charge in [-0.1, -0.05) is 25.4 Å². The molecular weight excluding hydrogens is 303 g/mol. The Morgan fingerprint density at radius 3 is 2.43 bits per heavy atom. The molecule has 2 aromatic rings. The Labute approximate surface area is 124 Å². The van der Waals surface area contributed by atoms with Crippen molar-refractivity contribution in [1.29, 1.82) is 5.26 Å². The molecule has 21 heavy (non-hydrogen) atoms. The molecule has 0 aliphatic heterocycles. The van der Waals surface area contributed by atoms with Crippen LogP contribution in [0.2, 0.25) is 5.15 Å². The summed E-state index contributed by atoms with van der Waals surface area (Å²) in [4.78, 5) is 0. The molecule has 7 heteroatoms. The lowest BCUT2D eigenvalue weighted by Gasteiger charge is -2.05. The van der Waals surface area contributed by atoms with Gasteiger partial charge in [-0.15, -0.1) is 0 Å². The van der Waals surface area contributed by atoms with Crippen molar-refractivity contribution < 1.29 is 13.2 Å². The zero-order chi connectivity index (χ0) is 15.7. The normalized spacial score (nSPS) is 11.0. The first kappa shape index (κ1) is 15.4. The fourth-order valence-electron chi connectivity index (χ4n) is 1.91. The number of nitrogens with zero attached hydrogens (tertiary/aromatic N) is 3. The summed E-state index contributed by atoms with van der Waals surface area (Å²) in [5.74, 6) is -3.34. The summed E-state index contributed by atoms with van der Waals surface area (Å²) in [6, 6.07) is 2.97. The van der Waals surface area contributed by atoms with Crippen molar-refractivity contribution in [3.8, 4) is 11.8 Å². The number of nitriles is 1. The second-order valence-electron chi connectivity index (χ2n) is 4.95. The van der Waals surface area contributed by atoms with Crippen molar-refractivity contribution >= 4 is 11.6 Å². The van der Waals surface area contributed by atoms with Crippen molar-refractivity contribution in [1.82, 2.24) is 9.78 Å². The second-order valence-corrected chi connectivity index (χ2v) is 5.31. The summed E-state index contributed by atoms with van der Waals surface area (Å²) in [6.07, 6.45) is 0.459. The largest absolute Gasteiger partial charge is 0.217 e. The van der Waals surface area contributed by atoms with E-state index in [0.29, 0.717) is 24.2 Å². The molecule has 0 spiro atoms. The van der Waals surface area contributed by atoms with E-state index in [1.807, 2.05) is 19.9 Å². The van der Waals surface area contributed by atoms with Crippen LogP contribution in [-0.2, 0) is 6.42 Å². The molecule has 0 amide bonds. The van der Waals surface area contributed by atoms with Crippen molar-refractivity contribution in [3.05, 3.63) is 46.0 Å². The zero-order valence-electron chi connectivity index (χ0n) is 11.3. The van der Waals surface area contributed by atoms with Gasteiger partial charge in [-0.3, -0.25) is 0 Å². The van der Waals surface area contributed by atoms with Gasteiger partial charge in [0.15, 0.2) is 22.6 Å². The van der Waals surface area contributed by atoms with Gasteiger partial charge in [0, 0.05) is 12.1 Å². The quantitative estimate of drug-likeness (QED) is 0.803. The topological polar surface area (TPSA) is 41.6 Å². The lowest BCUT2D eigenvalue weighted by molar-refractivity contribution is 0.491. The van der Waals surface area contributed by atoms with Crippen molar-refractivity contribution in [2.45, 2.75) is 20.3 Å². The highest BCUT2D eigenvalue weighted by atomic mass is 35.5. The first-order valence-corrected chi connectivity index (χ1v) is 6.55. The number of halogens is 4. The first-order chi connectivity index (χ1) is 9.85. The Hall–Kier alpha value is -2.00. The highest BCUT2D eigenvalue weighted by Crippen LogP contribution is 2.27. The number of hydrogen-bond acceptors (Lipinski definition) is 2. The maximum atomic E-state index is 13.8. The van der Waals surface area contributed by atoms with Crippen LogP contribution in [0.1, 0.15) is 25.1 Å².